The van der Waals surface area contributed by atoms with Crippen molar-refractivity contribution >= 4 is 27.6 Å². The van der Waals surface area contributed by atoms with Crippen LogP contribution in [0, 0.1) is 18.3 Å². The fourth-order valence-corrected chi connectivity index (χ4v) is 4.40. The van der Waals surface area contributed by atoms with Gasteiger partial charge in [0.1, 0.15) is 0 Å². The van der Waals surface area contributed by atoms with Crippen LogP contribution in [0.2, 0.25) is 0 Å². The second-order valence-electron chi connectivity index (χ2n) is 7.45. The van der Waals surface area contributed by atoms with Crippen LogP contribution in [0.3, 0.4) is 0 Å². The van der Waals surface area contributed by atoms with E-state index in [1.807, 2.05) is 0 Å². The van der Waals surface area contributed by atoms with Gasteiger partial charge in [-0.05, 0) is 35.1 Å². The van der Waals surface area contributed by atoms with Crippen LogP contribution in [0.25, 0.3) is 21.7 Å². The maximum atomic E-state index is 11.4. The number of rotatable bonds is 3. The molecule has 2 unspecified atom stereocenters. The van der Waals surface area contributed by atoms with Crippen molar-refractivity contribution in [1.29, 1.82) is 0 Å². The molecule has 1 heterocycles. The van der Waals surface area contributed by atoms with Crippen LogP contribution in [-0.2, 0) is 4.79 Å². The van der Waals surface area contributed by atoms with Gasteiger partial charge in [-0.25, -0.2) is 0 Å². The van der Waals surface area contributed by atoms with Gasteiger partial charge in [0, 0.05) is 22.9 Å². The lowest BCUT2D eigenvalue weighted by Gasteiger charge is -2.04. The van der Waals surface area contributed by atoms with E-state index >= 15 is 0 Å². The predicted molar refractivity (Wildman–Crippen MR) is 94.4 cm³/mol. The number of primary amides is 1. The fraction of sp³-hybridized carbons (Fsp3) is 0.350. The number of carbonyl (C=O) groups excluding carboxylic acids is 1. The third-order valence-corrected chi connectivity index (χ3v) is 5.72. The number of amides is 1. The molecule has 0 saturated heterocycles. The van der Waals surface area contributed by atoms with Crippen molar-refractivity contribution in [3.05, 3.63) is 47.7 Å². The molecule has 1 fully saturated rings. The van der Waals surface area contributed by atoms with E-state index in [0.717, 1.165) is 0 Å². The Morgan fingerprint density at radius 2 is 1.91 bits per heavy atom. The first-order valence-electron chi connectivity index (χ1n) is 8.19. The summed E-state index contributed by atoms with van der Waals surface area (Å²) in [6.45, 7) is 6.62. The molecular weight excluding hydrogens is 284 g/mol. The Bertz CT molecular complexity index is 935. The van der Waals surface area contributed by atoms with Crippen LogP contribution < -0.4 is 5.73 Å². The van der Waals surface area contributed by atoms with E-state index in [-0.39, 0.29) is 11.3 Å². The molecule has 2 atom stereocenters. The number of carbonyl (C=O) groups is 1. The van der Waals surface area contributed by atoms with Crippen LogP contribution in [0.5, 0.6) is 0 Å². The number of hydrogen-bond acceptors (Lipinski definition) is 1. The highest BCUT2D eigenvalue weighted by Crippen LogP contribution is 2.67. The van der Waals surface area contributed by atoms with Crippen molar-refractivity contribution < 1.29 is 4.79 Å². The summed E-state index contributed by atoms with van der Waals surface area (Å²) in [4.78, 5) is 15.0. The van der Waals surface area contributed by atoms with Gasteiger partial charge >= 0.3 is 0 Å². The molecular formula is C20H22N2O. The topological polar surface area (TPSA) is 58.9 Å². The largest absolute Gasteiger partial charge is 0.370 e. The van der Waals surface area contributed by atoms with E-state index < -0.39 is 0 Å². The van der Waals surface area contributed by atoms with Gasteiger partial charge in [0.25, 0.3) is 0 Å². The highest BCUT2D eigenvalue weighted by atomic mass is 16.1. The van der Waals surface area contributed by atoms with E-state index in [2.05, 4.69) is 62.2 Å². The smallest absolute Gasteiger partial charge is 0.217 e. The molecule has 1 amide bonds. The standard InChI is InChI=1S/C20H22N2O/c1-11-17(18-15(10-16(21)23)20(18,2)3)14-9-8-12-6-4-5-7-13(12)19(14)22-11/h4-9,15,18,22H,10H2,1-3H3,(H2,21,23). The lowest BCUT2D eigenvalue weighted by molar-refractivity contribution is -0.118. The quantitative estimate of drug-likeness (QED) is 0.747. The summed E-state index contributed by atoms with van der Waals surface area (Å²) in [6, 6.07) is 12.9. The average molecular weight is 306 g/mol. The molecule has 0 bridgehead atoms. The van der Waals surface area contributed by atoms with Crippen LogP contribution >= 0.6 is 0 Å². The van der Waals surface area contributed by atoms with Gasteiger partial charge in [-0.1, -0.05) is 50.2 Å². The molecule has 118 valence electrons. The van der Waals surface area contributed by atoms with Crippen molar-refractivity contribution in [1.82, 2.24) is 4.98 Å². The number of aromatic nitrogens is 1. The SMILES string of the molecule is Cc1[nH]c2c(ccc3ccccc32)c1C1C(CC(N)=O)C1(C)C. The third kappa shape index (κ3) is 1.99. The van der Waals surface area contributed by atoms with Gasteiger partial charge in [0.15, 0.2) is 0 Å². The molecule has 1 saturated carbocycles. The molecule has 3 heteroatoms. The van der Waals surface area contributed by atoms with Crippen molar-refractivity contribution in [3.8, 4) is 0 Å². The molecule has 3 N–H and O–H groups in total. The maximum Gasteiger partial charge on any atom is 0.217 e. The number of fused-ring (bicyclic) bond motifs is 3. The molecule has 2 aromatic carbocycles. The number of aryl methyl sites for hydroxylation is 1. The van der Waals surface area contributed by atoms with Gasteiger partial charge in [-0.3, -0.25) is 4.79 Å². The van der Waals surface area contributed by atoms with Crippen LogP contribution in [0.4, 0.5) is 0 Å². The van der Waals surface area contributed by atoms with Gasteiger partial charge in [0.05, 0.1) is 5.52 Å². The van der Waals surface area contributed by atoms with E-state index in [1.165, 1.54) is 32.9 Å². The Hall–Kier alpha value is -2.29. The highest BCUT2D eigenvalue weighted by Gasteiger charge is 2.59. The van der Waals surface area contributed by atoms with Crippen molar-refractivity contribution in [3.63, 3.8) is 0 Å². The van der Waals surface area contributed by atoms with Crippen molar-refractivity contribution in [2.75, 3.05) is 0 Å². The lowest BCUT2D eigenvalue weighted by Crippen LogP contribution is -2.12. The fourth-order valence-electron chi connectivity index (χ4n) is 4.40. The maximum absolute atomic E-state index is 11.4. The molecule has 0 radical (unpaired) electrons. The first kappa shape index (κ1) is 14.3. The number of H-pyrrole nitrogens is 1. The van der Waals surface area contributed by atoms with Crippen LogP contribution in [0.15, 0.2) is 36.4 Å². The third-order valence-electron chi connectivity index (χ3n) is 5.72. The normalized spacial score (nSPS) is 22.6. The molecule has 4 rings (SSSR count). The first-order valence-corrected chi connectivity index (χ1v) is 8.19. The Labute approximate surface area is 135 Å². The molecule has 1 aliphatic rings. The molecule has 0 aliphatic heterocycles. The minimum atomic E-state index is -0.200. The zero-order chi connectivity index (χ0) is 16.4. The molecule has 1 aliphatic carbocycles. The second-order valence-corrected chi connectivity index (χ2v) is 7.45. The summed E-state index contributed by atoms with van der Waals surface area (Å²) in [7, 11) is 0. The number of aromatic amines is 1. The van der Waals surface area contributed by atoms with Crippen molar-refractivity contribution in [2.45, 2.75) is 33.1 Å². The van der Waals surface area contributed by atoms with E-state index in [9.17, 15) is 4.79 Å². The number of nitrogens with two attached hydrogens (primary N) is 1. The molecule has 1 aromatic heterocycles. The Morgan fingerprint density at radius 1 is 1.17 bits per heavy atom. The minimum Gasteiger partial charge on any atom is -0.370 e. The Balaban J connectivity index is 1.90. The Morgan fingerprint density at radius 3 is 2.65 bits per heavy atom. The summed E-state index contributed by atoms with van der Waals surface area (Å²) < 4.78 is 0. The zero-order valence-electron chi connectivity index (χ0n) is 13.8. The van der Waals surface area contributed by atoms with Crippen LogP contribution in [0.1, 0.15) is 37.4 Å². The monoisotopic (exact) mass is 306 g/mol. The van der Waals surface area contributed by atoms with Gasteiger partial charge in [0.2, 0.25) is 5.91 Å². The van der Waals surface area contributed by atoms with E-state index in [0.29, 0.717) is 18.3 Å². The lowest BCUT2D eigenvalue weighted by atomic mass is 9.98. The van der Waals surface area contributed by atoms with Gasteiger partial charge < -0.3 is 10.7 Å². The summed E-state index contributed by atoms with van der Waals surface area (Å²) in [5.74, 6) is 0.530. The summed E-state index contributed by atoms with van der Waals surface area (Å²) in [5, 5.41) is 3.78. The van der Waals surface area contributed by atoms with Crippen LogP contribution in [-0.4, -0.2) is 10.9 Å². The van der Waals surface area contributed by atoms with E-state index in [4.69, 9.17) is 5.73 Å². The highest BCUT2D eigenvalue weighted by molar-refractivity contribution is 6.07. The minimum absolute atomic E-state index is 0.126. The average Bonchev–Trinajstić information content (AvgIpc) is 2.86. The second kappa shape index (κ2) is 4.60. The number of nitrogens with one attached hydrogen (secondary N) is 1. The predicted octanol–water partition coefficient (Wildman–Crippen LogP) is 4.24. The molecule has 0 spiro atoms. The molecule has 3 nitrogen and oxygen atoms in total. The zero-order valence-corrected chi connectivity index (χ0v) is 13.8. The van der Waals surface area contributed by atoms with Crippen molar-refractivity contribution in [2.24, 2.45) is 17.1 Å². The summed E-state index contributed by atoms with van der Waals surface area (Å²) >= 11 is 0. The molecule has 23 heavy (non-hydrogen) atoms. The van der Waals surface area contributed by atoms with Gasteiger partial charge in [-0.15, -0.1) is 0 Å². The first-order chi connectivity index (χ1) is 10.9. The number of hydrogen-bond donors (Lipinski definition) is 2. The molecule has 3 aromatic rings. The number of benzene rings is 2. The summed E-state index contributed by atoms with van der Waals surface area (Å²) in [5.41, 5.74) is 9.35. The summed E-state index contributed by atoms with van der Waals surface area (Å²) in [6.07, 6.45) is 0.470. The Kier molecular flexibility index (Phi) is 2.87. The van der Waals surface area contributed by atoms with Gasteiger partial charge in [-0.2, -0.15) is 0 Å². The van der Waals surface area contributed by atoms with E-state index in [1.54, 1.807) is 0 Å².